The van der Waals surface area contributed by atoms with E-state index < -0.39 is 0 Å². The standard InChI is InChI=1S/C15H21N3/c1-9(2)7-12-8-14(18-16)13-6-5-10(3)11(4)15(13)17-12/h5-6,8-9H,7,16H2,1-4H3,(H,17,18). The number of hydrazine groups is 1. The fourth-order valence-electron chi connectivity index (χ4n) is 2.22. The van der Waals surface area contributed by atoms with Crippen molar-refractivity contribution >= 4 is 16.6 Å². The summed E-state index contributed by atoms with van der Waals surface area (Å²) in [6.45, 7) is 8.63. The molecule has 0 bridgehead atoms. The topological polar surface area (TPSA) is 50.9 Å². The molecular weight excluding hydrogens is 222 g/mol. The zero-order valence-corrected chi connectivity index (χ0v) is 11.5. The van der Waals surface area contributed by atoms with E-state index in [0.717, 1.165) is 28.7 Å². The molecule has 0 saturated carbocycles. The second kappa shape index (κ2) is 4.94. The lowest BCUT2D eigenvalue weighted by Gasteiger charge is -2.13. The van der Waals surface area contributed by atoms with Crippen molar-refractivity contribution in [2.24, 2.45) is 11.8 Å². The third-order valence-corrected chi connectivity index (χ3v) is 3.33. The molecule has 1 aromatic carbocycles. The number of nitrogens with zero attached hydrogens (tertiary/aromatic N) is 1. The lowest BCUT2D eigenvalue weighted by atomic mass is 10.0. The van der Waals surface area contributed by atoms with Crippen molar-refractivity contribution in [3.05, 3.63) is 35.0 Å². The first kappa shape index (κ1) is 12.8. The van der Waals surface area contributed by atoms with E-state index in [9.17, 15) is 0 Å². The molecule has 2 aromatic rings. The van der Waals surface area contributed by atoms with Crippen molar-refractivity contribution in [3.63, 3.8) is 0 Å². The number of rotatable bonds is 3. The summed E-state index contributed by atoms with van der Waals surface area (Å²) in [4.78, 5) is 4.79. The summed E-state index contributed by atoms with van der Waals surface area (Å²) in [5, 5.41) is 1.09. The zero-order valence-electron chi connectivity index (χ0n) is 11.5. The van der Waals surface area contributed by atoms with Gasteiger partial charge in [-0.2, -0.15) is 0 Å². The monoisotopic (exact) mass is 243 g/mol. The molecule has 0 fully saturated rings. The predicted molar refractivity (Wildman–Crippen MR) is 77.6 cm³/mol. The number of nitrogens with one attached hydrogen (secondary N) is 1. The Morgan fingerprint density at radius 3 is 2.61 bits per heavy atom. The molecule has 0 amide bonds. The molecule has 1 heterocycles. The Balaban J connectivity index is 2.68. The van der Waals surface area contributed by atoms with Crippen LogP contribution in [0.15, 0.2) is 18.2 Å². The average molecular weight is 243 g/mol. The summed E-state index contributed by atoms with van der Waals surface area (Å²) in [6.07, 6.45) is 0.970. The molecule has 1 aromatic heterocycles. The van der Waals surface area contributed by atoms with Gasteiger partial charge >= 0.3 is 0 Å². The van der Waals surface area contributed by atoms with Crippen LogP contribution in [0.1, 0.15) is 30.7 Å². The molecule has 0 atom stereocenters. The Kier molecular flexibility index (Phi) is 3.53. The molecule has 0 spiro atoms. The lowest BCUT2D eigenvalue weighted by Crippen LogP contribution is -2.09. The first-order valence-electron chi connectivity index (χ1n) is 6.39. The van der Waals surface area contributed by atoms with Crippen LogP contribution in [0.25, 0.3) is 10.9 Å². The van der Waals surface area contributed by atoms with Gasteiger partial charge in [0.05, 0.1) is 11.2 Å². The van der Waals surface area contributed by atoms with Gasteiger partial charge in [-0.25, -0.2) is 0 Å². The summed E-state index contributed by atoms with van der Waals surface area (Å²) >= 11 is 0. The predicted octanol–water partition coefficient (Wildman–Crippen LogP) is 3.34. The highest BCUT2D eigenvalue weighted by atomic mass is 15.2. The summed E-state index contributed by atoms with van der Waals surface area (Å²) in [6, 6.07) is 6.25. The minimum absolute atomic E-state index is 0.589. The van der Waals surface area contributed by atoms with Gasteiger partial charge in [-0.15, -0.1) is 0 Å². The summed E-state index contributed by atoms with van der Waals surface area (Å²) in [5.74, 6) is 6.21. The highest BCUT2D eigenvalue weighted by Gasteiger charge is 2.09. The summed E-state index contributed by atoms with van der Waals surface area (Å²) in [5.41, 5.74) is 8.40. The minimum atomic E-state index is 0.589. The largest absolute Gasteiger partial charge is 0.323 e. The normalized spacial score (nSPS) is 11.2. The van der Waals surface area contributed by atoms with Gasteiger partial charge in [0.1, 0.15) is 0 Å². The SMILES string of the molecule is Cc1ccc2c(NN)cc(CC(C)C)nc2c1C. The Morgan fingerprint density at radius 1 is 1.28 bits per heavy atom. The molecular formula is C15H21N3. The molecule has 2 rings (SSSR count). The van der Waals surface area contributed by atoms with E-state index in [4.69, 9.17) is 10.8 Å². The first-order chi connectivity index (χ1) is 8.52. The second-order valence-electron chi connectivity index (χ2n) is 5.31. The van der Waals surface area contributed by atoms with E-state index >= 15 is 0 Å². The number of aromatic nitrogens is 1. The molecule has 3 N–H and O–H groups in total. The number of pyridine rings is 1. The van der Waals surface area contributed by atoms with E-state index in [-0.39, 0.29) is 0 Å². The number of nitrogens with two attached hydrogens (primary N) is 1. The van der Waals surface area contributed by atoms with Crippen LogP contribution in [0.5, 0.6) is 0 Å². The number of aryl methyl sites for hydroxylation is 2. The molecule has 3 nitrogen and oxygen atoms in total. The fourth-order valence-corrected chi connectivity index (χ4v) is 2.22. The summed E-state index contributed by atoms with van der Waals surface area (Å²) < 4.78 is 0. The van der Waals surface area contributed by atoms with E-state index in [2.05, 4.69) is 51.3 Å². The molecule has 0 aliphatic heterocycles. The molecule has 0 saturated heterocycles. The maximum Gasteiger partial charge on any atom is 0.0758 e. The van der Waals surface area contributed by atoms with Crippen LogP contribution in [-0.4, -0.2) is 4.98 Å². The second-order valence-corrected chi connectivity index (χ2v) is 5.31. The number of nitrogen functional groups attached to an aromatic ring is 1. The van der Waals surface area contributed by atoms with Crippen molar-refractivity contribution in [2.45, 2.75) is 34.1 Å². The van der Waals surface area contributed by atoms with Gasteiger partial charge in [0.2, 0.25) is 0 Å². The Hall–Kier alpha value is -1.61. The lowest BCUT2D eigenvalue weighted by molar-refractivity contribution is 0.637. The minimum Gasteiger partial charge on any atom is -0.323 e. The van der Waals surface area contributed by atoms with Crippen LogP contribution < -0.4 is 11.3 Å². The van der Waals surface area contributed by atoms with Crippen LogP contribution in [0.2, 0.25) is 0 Å². The first-order valence-corrected chi connectivity index (χ1v) is 6.39. The number of anilines is 1. The third kappa shape index (κ3) is 2.31. The molecule has 0 aliphatic rings. The third-order valence-electron chi connectivity index (χ3n) is 3.33. The molecule has 18 heavy (non-hydrogen) atoms. The van der Waals surface area contributed by atoms with Crippen molar-refractivity contribution < 1.29 is 0 Å². The van der Waals surface area contributed by atoms with Crippen LogP contribution in [0.3, 0.4) is 0 Å². The van der Waals surface area contributed by atoms with E-state index in [1.54, 1.807) is 0 Å². The number of hydrogen-bond acceptors (Lipinski definition) is 3. The van der Waals surface area contributed by atoms with Crippen molar-refractivity contribution in [3.8, 4) is 0 Å². The Labute approximate surface area is 108 Å². The van der Waals surface area contributed by atoms with Crippen molar-refractivity contribution in [1.29, 1.82) is 0 Å². The highest BCUT2D eigenvalue weighted by Crippen LogP contribution is 2.27. The van der Waals surface area contributed by atoms with Gasteiger partial charge in [0.25, 0.3) is 0 Å². The number of benzene rings is 1. The Morgan fingerprint density at radius 2 is 2.00 bits per heavy atom. The van der Waals surface area contributed by atoms with E-state index in [0.29, 0.717) is 5.92 Å². The zero-order chi connectivity index (χ0) is 13.3. The van der Waals surface area contributed by atoms with Gasteiger partial charge < -0.3 is 5.43 Å². The quantitative estimate of drug-likeness (QED) is 0.642. The average Bonchev–Trinajstić information content (AvgIpc) is 2.32. The molecule has 0 unspecified atom stereocenters. The number of hydrogen-bond donors (Lipinski definition) is 2. The number of fused-ring (bicyclic) bond motifs is 1. The van der Waals surface area contributed by atoms with Gasteiger partial charge in [-0.3, -0.25) is 10.8 Å². The summed E-state index contributed by atoms with van der Waals surface area (Å²) in [7, 11) is 0. The molecule has 3 heteroatoms. The van der Waals surface area contributed by atoms with Crippen LogP contribution >= 0.6 is 0 Å². The van der Waals surface area contributed by atoms with Crippen LogP contribution in [-0.2, 0) is 6.42 Å². The van der Waals surface area contributed by atoms with Gasteiger partial charge in [-0.1, -0.05) is 26.0 Å². The maximum atomic E-state index is 5.63. The molecule has 0 aliphatic carbocycles. The van der Waals surface area contributed by atoms with Crippen LogP contribution in [0.4, 0.5) is 5.69 Å². The van der Waals surface area contributed by atoms with Crippen molar-refractivity contribution in [1.82, 2.24) is 4.98 Å². The smallest absolute Gasteiger partial charge is 0.0758 e. The maximum absolute atomic E-state index is 5.63. The van der Waals surface area contributed by atoms with Gasteiger partial charge in [0.15, 0.2) is 0 Å². The highest BCUT2D eigenvalue weighted by molar-refractivity contribution is 5.93. The van der Waals surface area contributed by atoms with Crippen molar-refractivity contribution in [2.75, 3.05) is 5.43 Å². The fraction of sp³-hybridized carbons (Fsp3) is 0.400. The van der Waals surface area contributed by atoms with Gasteiger partial charge in [-0.05, 0) is 43.4 Å². The Bertz CT molecular complexity index is 573. The van der Waals surface area contributed by atoms with Crippen LogP contribution in [0, 0.1) is 19.8 Å². The molecule has 96 valence electrons. The van der Waals surface area contributed by atoms with E-state index in [1.165, 1.54) is 11.1 Å². The molecule has 0 radical (unpaired) electrons. The van der Waals surface area contributed by atoms with Gasteiger partial charge in [0, 0.05) is 11.1 Å². The van der Waals surface area contributed by atoms with E-state index in [1.807, 2.05) is 0 Å².